The summed E-state index contributed by atoms with van der Waals surface area (Å²) in [5, 5.41) is 8.08. The monoisotopic (exact) mass is 415 g/mol. The lowest BCUT2D eigenvalue weighted by Crippen LogP contribution is -2.43. The molecule has 7 nitrogen and oxygen atoms in total. The summed E-state index contributed by atoms with van der Waals surface area (Å²) < 4.78 is 10.8. The Morgan fingerprint density at radius 2 is 1.93 bits per heavy atom. The summed E-state index contributed by atoms with van der Waals surface area (Å²) in [4.78, 5) is 25.6. The molecule has 1 N–H and O–H groups in total. The number of urea groups is 1. The van der Waals surface area contributed by atoms with Crippen LogP contribution < -0.4 is 14.8 Å². The summed E-state index contributed by atoms with van der Waals surface area (Å²) in [6.45, 7) is 4.11. The van der Waals surface area contributed by atoms with E-state index in [1.54, 1.807) is 12.1 Å². The maximum Gasteiger partial charge on any atom is 0.346 e. The van der Waals surface area contributed by atoms with Crippen molar-refractivity contribution < 1.29 is 19.1 Å². The van der Waals surface area contributed by atoms with Crippen LogP contribution in [0.3, 0.4) is 0 Å². The summed E-state index contributed by atoms with van der Waals surface area (Å²) in [5.74, 6) is 0.431. The van der Waals surface area contributed by atoms with E-state index < -0.39 is 17.5 Å². The molecule has 152 valence electrons. The molecule has 2 aromatic carbocycles. The first-order valence-electron chi connectivity index (χ1n) is 9.23. The Morgan fingerprint density at radius 1 is 1.21 bits per heavy atom. The molecule has 29 heavy (non-hydrogen) atoms. The average molecular weight is 416 g/mol. The summed E-state index contributed by atoms with van der Waals surface area (Å²) in [6, 6.07) is 11.9. The minimum absolute atomic E-state index is 0.337. The number of carbonyl (C=O) groups is 2. The molecule has 0 bridgehead atoms. The number of nitrogens with one attached hydrogen (secondary N) is 1. The first-order valence-corrected chi connectivity index (χ1v) is 9.61. The van der Waals surface area contributed by atoms with Crippen molar-refractivity contribution in [2.75, 3.05) is 13.7 Å². The number of halogens is 1. The van der Waals surface area contributed by atoms with Crippen LogP contribution in [-0.2, 0) is 10.3 Å². The molecule has 2 aromatic rings. The molecule has 0 saturated carbocycles. The Balaban J connectivity index is 1.92. The van der Waals surface area contributed by atoms with Crippen LogP contribution in [0.2, 0.25) is 5.02 Å². The van der Waals surface area contributed by atoms with Gasteiger partial charge in [0.2, 0.25) is 0 Å². The number of nitrogens with zero attached hydrogens (tertiary/aromatic N) is 2. The maximum atomic E-state index is 13.1. The van der Waals surface area contributed by atoms with Gasteiger partial charge in [-0.05, 0) is 36.6 Å². The lowest BCUT2D eigenvalue weighted by Gasteiger charge is -2.24. The topological polar surface area (TPSA) is 80.2 Å². The van der Waals surface area contributed by atoms with Crippen molar-refractivity contribution in [2.24, 2.45) is 5.10 Å². The second-order valence-electron chi connectivity index (χ2n) is 6.38. The van der Waals surface area contributed by atoms with E-state index in [1.807, 2.05) is 44.2 Å². The molecule has 1 fully saturated rings. The van der Waals surface area contributed by atoms with Crippen LogP contribution >= 0.6 is 11.6 Å². The molecule has 3 amide bonds. The second kappa shape index (κ2) is 8.53. The molecule has 0 spiro atoms. The van der Waals surface area contributed by atoms with Crippen molar-refractivity contribution in [3.8, 4) is 11.5 Å². The Bertz CT molecular complexity index is 948. The zero-order valence-corrected chi connectivity index (χ0v) is 17.2. The van der Waals surface area contributed by atoms with Crippen LogP contribution in [0.25, 0.3) is 0 Å². The van der Waals surface area contributed by atoms with Crippen LogP contribution in [0.5, 0.6) is 11.5 Å². The molecular weight excluding hydrogens is 394 g/mol. The second-order valence-corrected chi connectivity index (χ2v) is 6.79. The number of hydrogen-bond acceptors (Lipinski definition) is 5. The summed E-state index contributed by atoms with van der Waals surface area (Å²) in [5.41, 5.74) is 0.141. The van der Waals surface area contributed by atoms with E-state index in [2.05, 4.69) is 10.4 Å². The van der Waals surface area contributed by atoms with Crippen LogP contribution in [-0.4, -0.2) is 36.9 Å². The van der Waals surface area contributed by atoms with Crippen LogP contribution in [0.1, 0.15) is 31.4 Å². The highest BCUT2D eigenvalue weighted by molar-refractivity contribution is 6.32. The molecule has 0 aliphatic carbocycles. The van der Waals surface area contributed by atoms with E-state index in [9.17, 15) is 9.59 Å². The van der Waals surface area contributed by atoms with Crippen molar-refractivity contribution in [1.29, 1.82) is 0 Å². The van der Waals surface area contributed by atoms with E-state index in [-0.39, 0.29) is 0 Å². The minimum Gasteiger partial charge on any atom is -0.491 e. The molecule has 1 saturated heterocycles. The van der Waals surface area contributed by atoms with Gasteiger partial charge in [-0.1, -0.05) is 48.9 Å². The van der Waals surface area contributed by atoms with Crippen molar-refractivity contribution in [1.82, 2.24) is 10.3 Å². The molecule has 1 heterocycles. The fourth-order valence-electron chi connectivity index (χ4n) is 3.28. The third-order valence-electron chi connectivity index (χ3n) is 4.73. The standard InChI is InChI=1S/C21H22ClN3O4/c1-4-21(15-9-7-6-8-10-15)19(26)25(20(27)24-21)23-13-14-11-16(22)18(28-3)17(12-14)29-5-2/h6-13H,4-5H2,1-3H3,(H,24,27)/b23-13-/t21-/m1/s1. The number of amides is 3. The van der Waals surface area contributed by atoms with Crippen molar-refractivity contribution >= 4 is 29.8 Å². The Kier molecular flexibility index (Phi) is 6.08. The van der Waals surface area contributed by atoms with Crippen molar-refractivity contribution in [3.05, 3.63) is 58.6 Å². The number of rotatable bonds is 7. The van der Waals surface area contributed by atoms with Gasteiger partial charge in [0.15, 0.2) is 11.5 Å². The largest absolute Gasteiger partial charge is 0.491 e. The molecule has 0 unspecified atom stereocenters. The zero-order chi connectivity index (χ0) is 21.0. The van der Waals surface area contributed by atoms with Crippen molar-refractivity contribution in [3.63, 3.8) is 0 Å². The number of hydrazone groups is 1. The van der Waals surface area contributed by atoms with Crippen LogP contribution in [0.15, 0.2) is 47.6 Å². The lowest BCUT2D eigenvalue weighted by atomic mass is 9.87. The third-order valence-corrected chi connectivity index (χ3v) is 5.01. The van der Waals surface area contributed by atoms with E-state index in [4.69, 9.17) is 21.1 Å². The third kappa shape index (κ3) is 3.78. The SMILES string of the molecule is CCOc1cc(/C=N\N2C(=O)N[C@](CC)(c3ccccc3)C2=O)cc(Cl)c1OC. The van der Waals surface area contributed by atoms with Gasteiger partial charge in [0, 0.05) is 0 Å². The number of carbonyl (C=O) groups excluding carboxylic acids is 2. The predicted molar refractivity (Wildman–Crippen MR) is 111 cm³/mol. The van der Waals surface area contributed by atoms with Gasteiger partial charge >= 0.3 is 6.03 Å². The van der Waals surface area contributed by atoms with E-state index in [0.29, 0.717) is 40.7 Å². The predicted octanol–water partition coefficient (Wildman–Crippen LogP) is 3.94. The number of ether oxygens (including phenoxy) is 2. The minimum atomic E-state index is -1.14. The van der Waals surface area contributed by atoms with Gasteiger partial charge in [0.05, 0.1) is 25.0 Å². The van der Waals surface area contributed by atoms with Gasteiger partial charge in [0.1, 0.15) is 5.54 Å². The number of methoxy groups -OCH3 is 1. The van der Waals surface area contributed by atoms with E-state index >= 15 is 0 Å². The highest BCUT2D eigenvalue weighted by atomic mass is 35.5. The highest BCUT2D eigenvalue weighted by Crippen LogP contribution is 2.36. The Labute approximate surface area is 174 Å². The molecule has 0 radical (unpaired) electrons. The normalized spacial score (nSPS) is 19.0. The van der Waals surface area contributed by atoms with E-state index in [1.165, 1.54) is 13.3 Å². The van der Waals surface area contributed by atoms with E-state index in [0.717, 1.165) is 5.01 Å². The number of benzene rings is 2. The molecule has 1 aliphatic heterocycles. The Morgan fingerprint density at radius 3 is 2.55 bits per heavy atom. The first kappa shape index (κ1) is 20.7. The fraction of sp³-hybridized carbons (Fsp3) is 0.286. The van der Waals surface area contributed by atoms with Gasteiger partial charge in [-0.25, -0.2) is 4.79 Å². The van der Waals surface area contributed by atoms with Crippen LogP contribution in [0, 0.1) is 0 Å². The first-order chi connectivity index (χ1) is 14.0. The number of hydrogen-bond donors (Lipinski definition) is 1. The molecule has 8 heteroatoms. The van der Waals surface area contributed by atoms with Crippen LogP contribution in [0.4, 0.5) is 4.79 Å². The summed E-state index contributed by atoms with van der Waals surface area (Å²) in [7, 11) is 1.50. The summed E-state index contributed by atoms with van der Waals surface area (Å²) in [6.07, 6.45) is 1.79. The molecule has 1 aliphatic rings. The molecule has 1 atom stereocenters. The maximum absolute atomic E-state index is 13.1. The fourth-order valence-corrected chi connectivity index (χ4v) is 3.57. The zero-order valence-electron chi connectivity index (χ0n) is 16.4. The highest BCUT2D eigenvalue weighted by Gasteiger charge is 2.51. The average Bonchev–Trinajstić information content (AvgIpc) is 2.97. The smallest absolute Gasteiger partial charge is 0.346 e. The van der Waals surface area contributed by atoms with Gasteiger partial charge in [-0.15, -0.1) is 5.01 Å². The molecule has 0 aromatic heterocycles. The van der Waals surface area contributed by atoms with Gasteiger partial charge in [-0.2, -0.15) is 5.10 Å². The quantitative estimate of drug-likeness (QED) is 0.548. The van der Waals surface area contributed by atoms with Gasteiger partial charge in [0.25, 0.3) is 5.91 Å². The van der Waals surface area contributed by atoms with Gasteiger partial charge in [-0.3, -0.25) is 4.79 Å². The lowest BCUT2D eigenvalue weighted by molar-refractivity contribution is -0.131. The number of imide groups is 1. The summed E-state index contributed by atoms with van der Waals surface area (Å²) >= 11 is 6.24. The van der Waals surface area contributed by atoms with Gasteiger partial charge < -0.3 is 14.8 Å². The molecular formula is C21H22ClN3O4. The Hall–Kier alpha value is -3.06. The molecule has 3 rings (SSSR count). The van der Waals surface area contributed by atoms with Crippen molar-refractivity contribution in [2.45, 2.75) is 25.8 Å².